The van der Waals surface area contributed by atoms with Crippen LogP contribution in [0.15, 0.2) is 41.4 Å². The van der Waals surface area contributed by atoms with Crippen molar-refractivity contribution in [1.82, 2.24) is 30.1 Å². The number of likely N-dealkylation sites (tertiary alicyclic amines) is 1. The van der Waals surface area contributed by atoms with Gasteiger partial charge in [0.05, 0.1) is 11.8 Å². The van der Waals surface area contributed by atoms with Crippen molar-refractivity contribution in [1.29, 1.82) is 0 Å². The van der Waals surface area contributed by atoms with Gasteiger partial charge in [-0.3, -0.25) is 14.5 Å². The molecule has 1 saturated heterocycles. The van der Waals surface area contributed by atoms with Crippen LogP contribution >= 0.6 is 0 Å². The molecule has 12 nitrogen and oxygen atoms in total. The molecule has 0 bridgehead atoms. The van der Waals surface area contributed by atoms with E-state index in [1.807, 2.05) is 17.9 Å². The summed E-state index contributed by atoms with van der Waals surface area (Å²) in [5.74, 6) is 1.80. The number of benzene rings is 1. The Kier molecular flexibility index (Phi) is 9.10. The normalized spacial score (nSPS) is 16.6. The molecule has 0 spiro atoms. The first-order valence-corrected chi connectivity index (χ1v) is 14.0. The maximum Gasteiger partial charge on any atom is 0.270 e. The van der Waals surface area contributed by atoms with Crippen LogP contribution in [-0.2, 0) is 24.4 Å². The fraction of sp³-hybridized carbons (Fsp3) is 0.483. The van der Waals surface area contributed by atoms with E-state index in [0.717, 1.165) is 43.0 Å². The van der Waals surface area contributed by atoms with Crippen molar-refractivity contribution in [2.24, 2.45) is 0 Å². The minimum absolute atomic E-state index is 0.0895. The Hall–Kier alpha value is -4.03. The summed E-state index contributed by atoms with van der Waals surface area (Å²) in [5, 5.41) is 16.8. The van der Waals surface area contributed by atoms with E-state index in [0.29, 0.717) is 38.6 Å². The molecule has 3 aromatic rings. The molecule has 1 atom stereocenters. The maximum atomic E-state index is 12.7. The number of aliphatic hydroxyl groups excluding tert-OH is 1. The van der Waals surface area contributed by atoms with Crippen LogP contribution in [0.3, 0.4) is 0 Å². The summed E-state index contributed by atoms with van der Waals surface area (Å²) in [4.78, 5) is 40.7. The van der Waals surface area contributed by atoms with Crippen molar-refractivity contribution in [2.75, 3.05) is 38.0 Å². The molecule has 0 radical (unpaired) electrons. The van der Waals surface area contributed by atoms with E-state index < -0.39 is 6.10 Å². The molecule has 1 aromatic carbocycles. The fourth-order valence-corrected chi connectivity index (χ4v) is 5.22. The van der Waals surface area contributed by atoms with Crippen LogP contribution in [0.5, 0.6) is 5.75 Å². The Morgan fingerprint density at radius 3 is 2.73 bits per heavy atom. The topological polar surface area (TPSA) is 146 Å². The lowest BCUT2D eigenvalue weighted by atomic mass is 9.99. The van der Waals surface area contributed by atoms with Crippen LogP contribution < -0.4 is 15.4 Å². The zero-order valence-corrected chi connectivity index (χ0v) is 23.5. The van der Waals surface area contributed by atoms with E-state index >= 15 is 0 Å². The number of aliphatic hydroxyl groups is 1. The molecule has 1 fully saturated rings. The third kappa shape index (κ3) is 7.59. The Morgan fingerprint density at radius 1 is 1.15 bits per heavy atom. The number of hydrogen-bond acceptors (Lipinski definition) is 10. The Labute approximate surface area is 239 Å². The van der Waals surface area contributed by atoms with E-state index in [1.54, 1.807) is 13.0 Å². The Morgan fingerprint density at radius 2 is 1.98 bits per heavy atom. The minimum atomic E-state index is -0.723. The van der Waals surface area contributed by atoms with Crippen molar-refractivity contribution in [3.63, 3.8) is 0 Å². The van der Waals surface area contributed by atoms with Crippen molar-refractivity contribution in [2.45, 2.75) is 58.4 Å². The highest BCUT2D eigenvalue weighted by atomic mass is 16.5. The van der Waals surface area contributed by atoms with Gasteiger partial charge in [0.2, 0.25) is 5.91 Å². The summed E-state index contributed by atoms with van der Waals surface area (Å²) in [5.41, 5.74) is 3.49. The molecule has 4 heterocycles. The van der Waals surface area contributed by atoms with Crippen LogP contribution in [0.4, 0.5) is 5.82 Å². The number of nitrogens with one attached hydrogen (secondary N) is 2. The van der Waals surface area contributed by atoms with E-state index in [4.69, 9.17) is 9.15 Å². The zero-order valence-electron chi connectivity index (χ0n) is 23.5. The van der Waals surface area contributed by atoms with Gasteiger partial charge in [0.1, 0.15) is 30.2 Å². The van der Waals surface area contributed by atoms with Gasteiger partial charge in [0.25, 0.3) is 5.91 Å². The summed E-state index contributed by atoms with van der Waals surface area (Å²) in [7, 11) is 0. The molecule has 41 heavy (non-hydrogen) atoms. The number of hydrogen-bond donors (Lipinski definition) is 3. The molecule has 2 amide bonds. The largest absolute Gasteiger partial charge is 0.486 e. The molecule has 0 unspecified atom stereocenters. The van der Waals surface area contributed by atoms with Crippen LogP contribution in [0.1, 0.15) is 52.8 Å². The number of oxazole rings is 1. The number of β-amino-alcohol motifs (C(OH)–C–C–N with tert-alkyl or cyclic N) is 1. The second-order valence-electron chi connectivity index (χ2n) is 10.6. The van der Waals surface area contributed by atoms with Gasteiger partial charge < -0.3 is 29.8 Å². The Balaban J connectivity index is 1.05. The third-order valence-electron chi connectivity index (χ3n) is 7.64. The number of fused-ring (bicyclic) bond motifs is 1. The molecule has 12 heteroatoms. The average molecular weight is 564 g/mol. The SMILES string of the molecule is CC(=O)N1CCC(Nc2cc(C(=O)NC[C@H](O)CN3CCc4cc(OCc5ocnc5C)ccc4C3)ncn2)CC1. The second-order valence-corrected chi connectivity index (χ2v) is 10.6. The van der Waals surface area contributed by atoms with E-state index in [9.17, 15) is 14.7 Å². The van der Waals surface area contributed by atoms with E-state index in [1.165, 1.54) is 23.8 Å². The minimum Gasteiger partial charge on any atom is -0.486 e. The number of piperidine rings is 1. The van der Waals surface area contributed by atoms with Gasteiger partial charge in [0.15, 0.2) is 12.2 Å². The molecular weight excluding hydrogens is 526 g/mol. The molecule has 2 aliphatic rings. The highest BCUT2D eigenvalue weighted by molar-refractivity contribution is 5.92. The zero-order chi connectivity index (χ0) is 28.8. The number of anilines is 1. The highest BCUT2D eigenvalue weighted by Crippen LogP contribution is 2.25. The van der Waals surface area contributed by atoms with Crippen molar-refractivity contribution in [3.05, 3.63) is 65.3 Å². The molecule has 2 aliphatic heterocycles. The summed E-state index contributed by atoms with van der Waals surface area (Å²) in [6, 6.07) is 7.87. The molecule has 218 valence electrons. The van der Waals surface area contributed by atoms with Crippen LogP contribution in [-0.4, -0.2) is 86.5 Å². The van der Waals surface area contributed by atoms with E-state index in [-0.39, 0.29) is 30.1 Å². The number of aromatic nitrogens is 3. The number of rotatable bonds is 10. The first kappa shape index (κ1) is 28.5. The molecule has 3 N–H and O–H groups in total. The average Bonchev–Trinajstić information content (AvgIpc) is 3.39. The summed E-state index contributed by atoms with van der Waals surface area (Å²) < 4.78 is 11.2. The highest BCUT2D eigenvalue weighted by Gasteiger charge is 2.22. The van der Waals surface area contributed by atoms with Gasteiger partial charge >= 0.3 is 0 Å². The summed E-state index contributed by atoms with van der Waals surface area (Å²) in [6.45, 7) is 7.29. The lowest BCUT2D eigenvalue weighted by Crippen LogP contribution is -2.42. The molecule has 0 aliphatic carbocycles. The smallest absolute Gasteiger partial charge is 0.270 e. The summed E-state index contributed by atoms with van der Waals surface area (Å²) in [6.07, 6.45) is 4.53. The first-order valence-electron chi connectivity index (χ1n) is 14.0. The Bertz CT molecular complexity index is 1350. The van der Waals surface area contributed by atoms with Gasteiger partial charge in [0, 0.05) is 58.3 Å². The first-order chi connectivity index (χ1) is 19.8. The number of amides is 2. The van der Waals surface area contributed by atoms with Gasteiger partial charge in [-0.15, -0.1) is 0 Å². The third-order valence-corrected chi connectivity index (χ3v) is 7.64. The number of carbonyl (C=O) groups is 2. The van der Waals surface area contributed by atoms with Crippen molar-refractivity contribution in [3.8, 4) is 5.75 Å². The van der Waals surface area contributed by atoms with Crippen molar-refractivity contribution >= 4 is 17.6 Å². The van der Waals surface area contributed by atoms with Gasteiger partial charge in [-0.25, -0.2) is 15.0 Å². The van der Waals surface area contributed by atoms with Crippen LogP contribution in [0.2, 0.25) is 0 Å². The summed E-state index contributed by atoms with van der Waals surface area (Å²) >= 11 is 0. The maximum absolute atomic E-state index is 12.7. The number of nitrogens with zero attached hydrogens (tertiary/aromatic N) is 5. The predicted octanol–water partition coefficient (Wildman–Crippen LogP) is 1.92. The molecule has 2 aromatic heterocycles. The molecular formula is C29H37N7O5. The van der Waals surface area contributed by atoms with Crippen LogP contribution in [0, 0.1) is 6.92 Å². The monoisotopic (exact) mass is 563 g/mol. The predicted molar refractivity (Wildman–Crippen MR) is 150 cm³/mol. The number of aryl methyl sites for hydroxylation is 1. The molecule has 5 rings (SSSR count). The van der Waals surface area contributed by atoms with Gasteiger partial charge in [-0.1, -0.05) is 6.07 Å². The standard InChI is InChI=1S/C29H37N7O5/c1-19-27(41-18-33-19)16-40-25-4-3-22-14-35(8-5-21(22)11-25)15-24(38)13-30-29(39)26-12-28(32-17-31-26)34-23-6-9-36(10-7-23)20(2)37/h3-4,11-12,17-18,23-24,38H,5-10,13-16H2,1-2H3,(H,30,39)(H,31,32,34)/t24-/m0/s1. The fourth-order valence-electron chi connectivity index (χ4n) is 5.22. The van der Waals surface area contributed by atoms with Gasteiger partial charge in [-0.05, 0) is 49.4 Å². The second kappa shape index (κ2) is 13.1. The van der Waals surface area contributed by atoms with E-state index in [2.05, 4.69) is 42.6 Å². The molecule has 0 saturated carbocycles. The number of ether oxygens (including phenoxy) is 1. The number of carbonyl (C=O) groups excluding carboxylic acids is 2. The van der Waals surface area contributed by atoms with Crippen molar-refractivity contribution < 1.29 is 23.8 Å². The van der Waals surface area contributed by atoms with Crippen LogP contribution in [0.25, 0.3) is 0 Å². The quantitative estimate of drug-likeness (QED) is 0.334. The van der Waals surface area contributed by atoms with Gasteiger partial charge in [-0.2, -0.15) is 0 Å². The lowest BCUT2D eigenvalue weighted by molar-refractivity contribution is -0.129. The lowest BCUT2D eigenvalue weighted by Gasteiger charge is -2.31.